The van der Waals surface area contributed by atoms with E-state index in [4.69, 9.17) is 0 Å². The molecule has 1 unspecified atom stereocenters. The fraction of sp³-hybridized carbons (Fsp3) is 0.615. The van der Waals surface area contributed by atoms with Gasteiger partial charge >= 0.3 is 0 Å². The number of rotatable bonds is 5. The molecule has 2 aromatic rings. The van der Waals surface area contributed by atoms with E-state index >= 15 is 0 Å². The highest BCUT2D eigenvalue weighted by atomic mass is 32.1. The van der Waals surface area contributed by atoms with E-state index in [-0.39, 0.29) is 6.10 Å². The van der Waals surface area contributed by atoms with Crippen molar-refractivity contribution in [1.29, 1.82) is 0 Å². The van der Waals surface area contributed by atoms with Crippen molar-refractivity contribution in [3.63, 3.8) is 0 Å². The summed E-state index contributed by atoms with van der Waals surface area (Å²) in [5.74, 6) is 0.535. The predicted molar refractivity (Wildman–Crippen MR) is 73.0 cm³/mol. The summed E-state index contributed by atoms with van der Waals surface area (Å²) in [4.78, 5) is 6.89. The molecule has 98 valence electrons. The number of nitrogens with zero attached hydrogens (tertiary/aromatic N) is 2. The molecule has 0 saturated heterocycles. The number of aliphatic hydroxyl groups excluding tert-OH is 1. The van der Waals surface area contributed by atoms with E-state index in [0.29, 0.717) is 12.5 Å². The molecule has 18 heavy (non-hydrogen) atoms. The average Bonchev–Trinajstić information content (AvgIpc) is 3.05. The number of nitrogens with one attached hydrogen (secondary N) is 1. The number of aromatic nitrogens is 2. The van der Waals surface area contributed by atoms with Gasteiger partial charge in [0.2, 0.25) is 0 Å². The number of thiazole rings is 1. The van der Waals surface area contributed by atoms with Gasteiger partial charge in [0.05, 0.1) is 17.5 Å². The van der Waals surface area contributed by atoms with E-state index in [9.17, 15) is 5.11 Å². The molecule has 0 aromatic carbocycles. The number of aliphatic hydroxyl groups is 1. The molecule has 1 saturated carbocycles. The molecular formula is C13H19N3OS. The third-order valence-corrected chi connectivity index (χ3v) is 4.45. The first-order chi connectivity index (χ1) is 8.65. The Labute approximate surface area is 111 Å². The largest absolute Gasteiger partial charge is 0.392 e. The molecule has 4 nitrogen and oxygen atoms in total. The Morgan fingerprint density at radius 3 is 3.06 bits per heavy atom. The van der Waals surface area contributed by atoms with Crippen LogP contribution < -0.4 is 5.32 Å². The van der Waals surface area contributed by atoms with Crippen LogP contribution in [0.2, 0.25) is 0 Å². The van der Waals surface area contributed by atoms with Crippen molar-refractivity contribution in [3.05, 3.63) is 22.5 Å². The Hall–Kier alpha value is -0.910. The number of hydrogen-bond donors (Lipinski definition) is 2. The molecule has 0 spiro atoms. The average molecular weight is 265 g/mol. The SMILES string of the molecule is Cc1cn2c(CNCC(O)C3CC3)c(C)nc2s1. The van der Waals surface area contributed by atoms with Crippen molar-refractivity contribution >= 4 is 16.3 Å². The summed E-state index contributed by atoms with van der Waals surface area (Å²) in [6, 6.07) is 0. The smallest absolute Gasteiger partial charge is 0.194 e. The quantitative estimate of drug-likeness (QED) is 0.868. The molecular weight excluding hydrogens is 246 g/mol. The third kappa shape index (κ3) is 2.30. The van der Waals surface area contributed by atoms with Crippen LogP contribution in [0.4, 0.5) is 0 Å². The Balaban J connectivity index is 1.67. The van der Waals surface area contributed by atoms with E-state index in [1.165, 1.54) is 23.4 Å². The second-order valence-corrected chi connectivity index (χ2v) is 6.39. The van der Waals surface area contributed by atoms with Gasteiger partial charge in [-0.1, -0.05) is 0 Å². The lowest BCUT2D eigenvalue weighted by molar-refractivity contribution is 0.148. The number of aryl methyl sites for hydroxylation is 2. The lowest BCUT2D eigenvalue weighted by atomic mass is 10.2. The molecule has 0 bridgehead atoms. The monoisotopic (exact) mass is 265 g/mol. The van der Waals surface area contributed by atoms with Crippen LogP contribution in [0.25, 0.3) is 4.96 Å². The normalized spacial score (nSPS) is 17.5. The topological polar surface area (TPSA) is 49.6 Å². The van der Waals surface area contributed by atoms with Gasteiger partial charge in [-0.2, -0.15) is 0 Å². The lowest BCUT2D eigenvalue weighted by Gasteiger charge is -2.10. The van der Waals surface area contributed by atoms with E-state index in [1.807, 2.05) is 6.92 Å². The lowest BCUT2D eigenvalue weighted by Crippen LogP contribution is -2.28. The fourth-order valence-electron chi connectivity index (χ4n) is 2.31. The van der Waals surface area contributed by atoms with E-state index < -0.39 is 0 Å². The zero-order chi connectivity index (χ0) is 12.7. The van der Waals surface area contributed by atoms with Crippen molar-refractivity contribution in [2.24, 2.45) is 5.92 Å². The van der Waals surface area contributed by atoms with Gasteiger partial charge in [-0.15, -0.1) is 11.3 Å². The molecule has 1 atom stereocenters. The molecule has 1 aliphatic rings. The minimum atomic E-state index is -0.182. The molecule has 0 amide bonds. The van der Waals surface area contributed by atoms with Crippen LogP contribution in [0.1, 0.15) is 29.1 Å². The fourth-order valence-corrected chi connectivity index (χ4v) is 3.20. The standard InChI is InChI=1S/C13H19N3OS/c1-8-7-16-11(9(2)15-13(16)18-8)5-14-6-12(17)10-3-4-10/h7,10,12,14,17H,3-6H2,1-2H3. The predicted octanol–water partition coefficient (Wildman–Crippen LogP) is 1.87. The van der Waals surface area contributed by atoms with Gasteiger partial charge in [-0.3, -0.25) is 4.40 Å². The molecule has 2 N–H and O–H groups in total. The molecule has 2 aromatic heterocycles. The minimum absolute atomic E-state index is 0.182. The first-order valence-corrected chi connectivity index (χ1v) is 7.29. The van der Waals surface area contributed by atoms with Crippen LogP contribution in [-0.2, 0) is 6.54 Å². The van der Waals surface area contributed by atoms with Crippen LogP contribution in [0.15, 0.2) is 6.20 Å². The van der Waals surface area contributed by atoms with Crippen molar-refractivity contribution in [2.75, 3.05) is 6.54 Å². The van der Waals surface area contributed by atoms with Crippen LogP contribution in [0, 0.1) is 19.8 Å². The van der Waals surface area contributed by atoms with Gasteiger partial charge in [0.25, 0.3) is 0 Å². The molecule has 2 heterocycles. The zero-order valence-electron chi connectivity index (χ0n) is 10.8. The Morgan fingerprint density at radius 1 is 1.56 bits per heavy atom. The van der Waals surface area contributed by atoms with Crippen LogP contribution >= 0.6 is 11.3 Å². The van der Waals surface area contributed by atoms with E-state index in [1.54, 1.807) is 11.3 Å². The maximum atomic E-state index is 9.82. The molecule has 3 rings (SSSR count). The second-order valence-electron chi connectivity index (χ2n) is 5.17. The zero-order valence-corrected chi connectivity index (χ0v) is 11.6. The van der Waals surface area contributed by atoms with Crippen molar-refractivity contribution < 1.29 is 5.11 Å². The number of hydrogen-bond acceptors (Lipinski definition) is 4. The molecule has 0 aliphatic heterocycles. The first-order valence-electron chi connectivity index (χ1n) is 6.48. The highest BCUT2D eigenvalue weighted by Crippen LogP contribution is 2.32. The summed E-state index contributed by atoms with van der Waals surface area (Å²) in [7, 11) is 0. The third-order valence-electron chi connectivity index (χ3n) is 3.55. The summed E-state index contributed by atoms with van der Waals surface area (Å²) in [5.41, 5.74) is 2.28. The summed E-state index contributed by atoms with van der Waals surface area (Å²) in [6.45, 7) is 5.60. The van der Waals surface area contributed by atoms with E-state index in [2.05, 4.69) is 27.8 Å². The maximum Gasteiger partial charge on any atom is 0.194 e. The molecule has 1 fully saturated rings. The number of imidazole rings is 1. The van der Waals surface area contributed by atoms with Gasteiger partial charge in [0.1, 0.15) is 0 Å². The van der Waals surface area contributed by atoms with Gasteiger partial charge in [-0.25, -0.2) is 4.98 Å². The minimum Gasteiger partial charge on any atom is -0.392 e. The van der Waals surface area contributed by atoms with Crippen LogP contribution in [-0.4, -0.2) is 27.1 Å². The summed E-state index contributed by atoms with van der Waals surface area (Å²) in [5, 5.41) is 13.2. The summed E-state index contributed by atoms with van der Waals surface area (Å²) in [6.07, 6.45) is 4.32. The highest BCUT2D eigenvalue weighted by Gasteiger charge is 2.29. The van der Waals surface area contributed by atoms with Gasteiger partial charge in [-0.05, 0) is 32.6 Å². The van der Waals surface area contributed by atoms with Gasteiger partial charge in [0.15, 0.2) is 4.96 Å². The summed E-state index contributed by atoms with van der Waals surface area (Å²) < 4.78 is 2.16. The maximum absolute atomic E-state index is 9.82. The Kier molecular flexibility index (Phi) is 3.13. The Bertz CT molecular complexity index is 556. The Morgan fingerprint density at radius 2 is 2.33 bits per heavy atom. The highest BCUT2D eigenvalue weighted by molar-refractivity contribution is 7.17. The molecule has 1 aliphatic carbocycles. The van der Waals surface area contributed by atoms with Crippen molar-refractivity contribution in [1.82, 2.24) is 14.7 Å². The summed E-state index contributed by atoms with van der Waals surface area (Å²) >= 11 is 1.72. The number of fused-ring (bicyclic) bond motifs is 1. The van der Waals surface area contributed by atoms with Gasteiger partial charge < -0.3 is 10.4 Å². The molecule has 0 radical (unpaired) electrons. The van der Waals surface area contributed by atoms with Crippen LogP contribution in [0.5, 0.6) is 0 Å². The van der Waals surface area contributed by atoms with E-state index in [0.717, 1.165) is 17.2 Å². The molecule has 5 heteroatoms. The van der Waals surface area contributed by atoms with Crippen molar-refractivity contribution in [2.45, 2.75) is 39.3 Å². The first kappa shape index (κ1) is 12.1. The van der Waals surface area contributed by atoms with Crippen LogP contribution in [0.3, 0.4) is 0 Å². The second kappa shape index (κ2) is 4.64. The van der Waals surface area contributed by atoms with Gasteiger partial charge in [0, 0.05) is 24.2 Å². The van der Waals surface area contributed by atoms with Crippen molar-refractivity contribution in [3.8, 4) is 0 Å².